The molecule has 1 aromatic carbocycles. The largest absolute Gasteiger partial charge is 0.246 e. The van der Waals surface area contributed by atoms with Gasteiger partial charge in [0, 0.05) is 5.39 Å². The number of pyridine rings is 1. The van der Waals surface area contributed by atoms with Gasteiger partial charge in [0.15, 0.2) is 5.82 Å². The van der Waals surface area contributed by atoms with Gasteiger partial charge in [-0.05, 0) is 23.7 Å². The lowest BCUT2D eigenvalue weighted by Crippen LogP contribution is -1.95. The highest BCUT2D eigenvalue weighted by Crippen LogP contribution is 2.22. The number of aromatic nitrogens is 3. The molecule has 3 nitrogen and oxygen atoms in total. The molecule has 0 bridgehead atoms. The fourth-order valence-corrected chi connectivity index (χ4v) is 1.86. The number of fused-ring (bicyclic) bond motifs is 1. The van der Waals surface area contributed by atoms with Crippen LogP contribution in [0.4, 0.5) is 4.39 Å². The average molecular weight is 260 g/mol. The normalized spacial score (nSPS) is 10.8. The molecule has 0 aliphatic carbocycles. The Balaban J connectivity index is 2.22. The third-order valence-corrected chi connectivity index (χ3v) is 2.74. The second-order valence-corrected chi connectivity index (χ2v) is 4.06. The zero-order chi connectivity index (χ0) is 12.5. The second kappa shape index (κ2) is 4.31. The Morgan fingerprint density at radius 2 is 1.83 bits per heavy atom. The van der Waals surface area contributed by atoms with Crippen LogP contribution < -0.4 is 0 Å². The van der Waals surface area contributed by atoms with Gasteiger partial charge >= 0.3 is 0 Å². The first-order chi connectivity index (χ1) is 8.74. The summed E-state index contributed by atoms with van der Waals surface area (Å²) in [7, 11) is 0. The molecule has 0 saturated heterocycles. The van der Waals surface area contributed by atoms with E-state index >= 15 is 0 Å². The summed E-state index contributed by atoms with van der Waals surface area (Å²) in [5.41, 5.74) is 1.33. The van der Waals surface area contributed by atoms with E-state index in [0.29, 0.717) is 5.69 Å². The maximum absolute atomic E-state index is 13.6. The predicted molar refractivity (Wildman–Crippen MR) is 67.7 cm³/mol. The van der Waals surface area contributed by atoms with Crippen LogP contribution >= 0.6 is 11.6 Å². The summed E-state index contributed by atoms with van der Waals surface area (Å²) >= 11 is 5.67. The van der Waals surface area contributed by atoms with E-state index in [0.717, 1.165) is 17.1 Å². The minimum absolute atomic E-state index is 0.00126. The topological polar surface area (TPSA) is 38.7 Å². The highest BCUT2D eigenvalue weighted by Gasteiger charge is 2.10. The van der Waals surface area contributed by atoms with E-state index in [-0.39, 0.29) is 11.0 Å². The van der Waals surface area contributed by atoms with Crippen LogP contribution in [-0.2, 0) is 0 Å². The lowest BCUT2D eigenvalue weighted by atomic mass is 10.2. The van der Waals surface area contributed by atoms with E-state index in [1.807, 2.05) is 30.3 Å². The molecule has 2 heterocycles. The van der Waals surface area contributed by atoms with E-state index in [9.17, 15) is 4.39 Å². The third kappa shape index (κ3) is 1.91. The molecule has 88 valence electrons. The van der Waals surface area contributed by atoms with Crippen LogP contribution in [0.3, 0.4) is 0 Å². The molecule has 0 aliphatic rings. The SMILES string of the molecule is Fc1cnc(Cl)nc1-c1ccc2ccccc2n1. The summed E-state index contributed by atoms with van der Waals surface area (Å²) in [5.74, 6) is -0.540. The van der Waals surface area contributed by atoms with Gasteiger partial charge in [-0.3, -0.25) is 0 Å². The maximum atomic E-state index is 13.6. The molecule has 18 heavy (non-hydrogen) atoms. The van der Waals surface area contributed by atoms with Crippen molar-refractivity contribution in [3.63, 3.8) is 0 Å². The molecule has 0 saturated carbocycles. The molecular formula is C13H7ClFN3. The van der Waals surface area contributed by atoms with Gasteiger partial charge in [0.25, 0.3) is 0 Å². The Bertz CT molecular complexity index is 730. The van der Waals surface area contributed by atoms with E-state index in [4.69, 9.17) is 11.6 Å². The van der Waals surface area contributed by atoms with Crippen molar-refractivity contribution in [2.45, 2.75) is 0 Å². The van der Waals surface area contributed by atoms with Crippen molar-refractivity contribution in [2.75, 3.05) is 0 Å². The maximum Gasteiger partial charge on any atom is 0.223 e. The fraction of sp³-hybridized carbons (Fsp3) is 0. The molecule has 0 unspecified atom stereocenters. The average Bonchev–Trinajstić information content (AvgIpc) is 2.41. The van der Waals surface area contributed by atoms with Crippen LogP contribution in [0.5, 0.6) is 0 Å². The quantitative estimate of drug-likeness (QED) is 0.628. The van der Waals surface area contributed by atoms with Crippen molar-refractivity contribution < 1.29 is 4.39 Å². The van der Waals surface area contributed by atoms with Crippen LogP contribution in [-0.4, -0.2) is 15.0 Å². The van der Waals surface area contributed by atoms with Gasteiger partial charge in [-0.15, -0.1) is 0 Å². The third-order valence-electron chi connectivity index (χ3n) is 2.56. The van der Waals surface area contributed by atoms with Gasteiger partial charge < -0.3 is 0 Å². The number of hydrogen-bond donors (Lipinski definition) is 0. The van der Waals surface area contributed by atoms with Crippen molar-refractivity contribution in [1.82, 2.24) is 15.0 Å². The Morgan fingerprint density at radius 1 is 1.00 bits per heavy atom. The molecule has 0 N–H and O–H groups in total. The van der Waals surface area contributed by atoms with Gasteiger partial charge in [-0.1, -0.05) is 24.3 Å². The smallest absolute Gasteiger partial charge is 0.223 e. The number of nitrogens with zero attached hydrogens (tertiary/aromatic N) is 3. The summed E-state index contributed by atoms with van der Waals surface area (Å²) in [6.07, 6.45) is 1.04. The molecule has 3 rings (SSSR count). The Labute approximate surface area is 107 Å². The lowest BCUT2D eigenvalue weighted by Gasteiger charge is -2.03. The minimum atomic E-state index is -0.540. The number of para-hydroxylation sites is 1. The molecule has 0 amide bonds. The fourth-order valence-electron chi connectivity index (χ4n) is 1.72. The first kappa shape index (κ1) is 11.0. The van der Waals surface area contributed by atoms with Crippen molar-refractivity contribution in [3.05, 3.63) is 53.7 Å². The molecule has 0 atom stereocenters. The number of rotatable bonds is 1. The van der Waals surface area contributed by atoms with Gasteiger partial charge in [-0.25, -0.2) is 19.3 Å². The van der Waals surface area contributed by atoms with E-state index < -0.39 is 5.82 Å². The Hall–Kier alpha value is -2.07. The van der Waals surface area contributed by atoms with Crippen LogP contribution in [0.25, 0.3) is 22.3 Å². The van der Waals surface area contributed by atoms with Gasteiger partial charge in [0.1, 0.15) is 5.69 Å². The Morgan fingerprint density at radius 3 is 2.72 bits per heavy atom. The predicted octanol–water partition coefficient (Wildman–Crippen LogP) is 3.48. The molecule has 0 radical (unpaired) electrons. The van der Waals surface area contributed by atoms with Crippen molar-refractivity contribution in [1.29, 1.82) is 0 Å². The van der Waals surface area contributed by atoms with Gasteiger partial charge in [0.05, 0.1) is 17.4 Å². The standard InChI is InChI=1S/C13H7ClFN3/c14-13-16-7-9(15)12(18-13)11-6-5-8-3-1-2-4-10(8)17-11/h1-7H. The first-order valence-electron chi connectivity index (χ1n) is 5.28. The number of halogens is 2. The van der Waals surface area contributed by atoms with Crippen LogP contribution in [0.1, 0.15) is 0 Å². The number of benzene rings is 1. The lowest BCUT2D eigenvalue weighted by molar-refractivity contribution is 0.617. The van der Waals surface area contributed by atoms with Crippen molar-refractivity contribution >= 4 is 22.5 Å². The summed E-state index contributed by atoms with van der Waals surface area (Å²) in [6, 6.07) is 11.2. The second-order valence-electron chi connectivity index (χ2n) is 3.72. The molecule has 0 spiro atoms. The summed E-state index contributed by atoms with van der Waals surface area (Å²) in [4.78, 5) is 11.8. The van der Waals surface area contributed by atoms with Crippen LogP contribution in [0, 0.1) is 5.82 Å². The van der Waals surface area contributed by atoms with Crippen molar-refractivity contribution in [2.24, 2.45) is 0 Å². The molecule has 0 aliphatic heterocycles. The van der Waals surface area contributed by atoms with E-state index in [1.165, 1.54) is 0 Å². The summed E-state index contributed by atoms with van der Waals surface area (Å²) < 4.78 is 13.6. The summed E-state index contributed by atoms with van der Waals surface area (Å²) in [5, 5.41) is 0.989. The highest BCUT2D eigenvalue weighted by atomic mass is 35.5. The zero-order valence-corrected chi connectivity index (χ0v) is 9.89. The van der Waals surface area contributed by atoms with Gasteiger partial charge in [-0.2, -0.15) is 0 Å². The molecule has 0 fully saturated rings. The van der Waals surface area contributed by atoms with Gasteiger partial charge in [0.2, 0.25) is 5.28 Å². The van der Waals surface area contributed by atoms with E-state index in [1.54, 1.807) is 6.07 Å². The van der Waals surface area contributed by atoms with Crippen molar-refractivity contribution in [3.8, 4) is 11.4 Å². The molecular weight excluding hydrogens is 253 g/mol. The number of hydrogen-bond acceptors (Lipinski definition) is 3. The van der Waals surface area contributed by atoms with E-state index in [2.05, 4.69) is 15.0 Å². The first-order valence-corrected chi connectivity index (χ1v) is 5.66. The zero-order valence-electron chi connectivity index (χ0n) is 9.14. The molecule has 5 heteroatoms. The molecule has 2 aromatic heterocycles. The minimum Gasteiger partial charge on any atom is -0.246 e. The highest BCUT2D eigenvalue weighted by molar-refractivity contribution is 6.28. The van der Waals surface area contributed by atoms with Crippen LogP contribution in [0.15, 0.2) is 42.6 Å². The monoisotopic (exact) mass is 259 g/mol. The molecule has 3 aromatic rings. The summed E-state index contributed by atoms with van der Waals surface area (Å²) in [6.45, 7) is 0. The van der Waals surface area contributed by atoms with Crippen LogP contribution in [0.2, 0.25) is 5.28 Å². The Kier molecular flexibility index (Phi) is 2.64.